The van der Waals surface area contributed by atoms with E-state index in [9.17, 15) is 9.18 Å². The second-order valence-corrected chi connectivity index (χ2v) is 6.43. The van der Waals surface area contributed by atoms with Gasteiger partial charge in [-0.2, -0.15) is 0 Å². The Balaban J connectivity index is 1.96. The molecule has 3 nitrogen and oxygen atoms in total. The Bertz CT molecular complexity index is 777. The molecule has 2 aromatic rings. The molecular weight excluding hydrogens is 349 g/mol. The number of benzene rings is 2. The summed E-state index contributed by atoms with van der Waals surface area (Å²) in [6.07, 6.45) is 0.950. The van der Waals surface area contributed by atoms with Crippen LogP contribution in [0, 0.1) is 5.82 Å². The lowest BCUT2D eigenvalue weighted by Gasteiger charge is -2.36. The molecule has 0 amide bonds. The lowest BCUT2D eigenvalue weighted by Crippen LogP contribution is -2.36. The first kappa shape index (κ1) is 13.8. The molecule has 112 valence electrons. The highest BCUT2D eigenvalue weighted by Gasteiger charge is 2.35. The van der Waals surface area contributed by atoms with Gasteiger partial charge in [-0.05, 0) is 28.1 Å². The first-order chi connectivity index (χ1) is 10.6. The van der Waals surface area contributed by atoms with Crippen molar-refractivity contribution in [2.45, 2.75) is 18.9 Å². The number of Topliss-reactive ketones (excluding diaryl/α,β-unsaturated/α-hetero) is 1. The maximum atomic E-state index is 13.8. The number of carbonyl (C=O) groups is 1. The highest BCUT2D eigenvalue weighted by molar-refractivity contribution is 9.10. The number of fused-ring (bicyclic) bond motifs is 5. The summed E-state index contributed by atoms with van der Waals surface area (Å²) in [6.45, 7) is 0.610. The molecule has 5 heteroatoms. The number of ether oxygens (including phenoxy) is 1. The van der Waals surface area contributed by atoms with Crippen molar-refractivity contribution in [3.63, 3.8) is 0 Å². The Hall–Kier alpha value is -1.88. The Morgan fingerprint density at radius 3 is 2.91 bits per heavy atom. The monoisotopic (exact) mass is 361 g/mol. The van der Waals surface area contributed by atoms with Gasteiger partial charge in [0.2, 0.25) is 0 Å². The molecule has 2 aliphatic rings. The van der Waals surface area contributed by atoms with E-state index in [0.29, 0.717) is 35.4 Å². The summed E-state index contributed by atoms with van der Waals surface area (Å²) in [6, 6.07) is 10.4. The van der Waals surface area contributed by atoms with Gasteiger partial charge in [0, 0.05) is 35.5 Å². The SMILES string of the molecule is O=C1CCN2c3c(Br)cc(F)cc3Oc3ccccc3C2C1. The van der Waals surface area contributed by atoms with Crippen molar-refractivity contribution in [1.82, 2.24) is 0 Å². The number of ketones is 1. The van der Waals surface area contributed by atoms with E-state index in [4.69, 9.17) is 4.74 Å². The van der Waals surface area contributed by atoms with Gasteiger partial charge < -0.3 is 9.64 Å². The summed E-state index contributed by atoms with van der Waals surface area (Å²) in [5.74, 6) is 1.06. The molecule has 2 heterocycles. The number of anilines is 1. The van der Waals surface area contributed by atoms with Crippen LogP contribution in [-0.2, 0) is 4.79 Å². The van der Waals surface area contributed by atoms with E-state index < -0.39 is 0 Å². The van der Waals surface area contributed by atoms with E-state index in [2.05, 4.69) is 20.8 Å². The third kappa shape index (κ3) is 2.11. The first-order valence-corrected chi connectivity index (χ1v) is 7.97. The molecule has 2 aliphatic heterocycles. The third-order valence-corrected chi connectivity index (χ3v) is 4.81. The number of hydrogen-bond acceptors (Lipinski definition) is 3. The fraction of sp³-hybridized carbons (Fsp3) is 0.235. The summed E-state index contributed by atoms with van der Waals surface area (Å²) in [5, 5.41) is 0. The van der Waals surface area contributed by atoms with Crippen LogP contribution in [0.2, 0.25) is 0 Å². The van der Waals surface area contributed by atoms with E-state index in [1.54, 1.807) is 0 Å². The molecule has 4 rings (SSSR count). The minimum absolute atomic E-state index is 0.0690. The lowest BCUT2D eigenvalue weighted by molar-refractivity contribution is -0.120. The topological polar surface area (TPSA) is 29.5 Å². The maximum Gasteiger partial charge on any atom is 0.154 e. The third-order valence-electron chi connectivity index (χ3n) is 4.21. The maximum absolute atomic E-state index is 13.8. The normalized spacial score (nSPS) is 19.6. The average molecular weight is 362 g/mol. The Labute approximate surface area is 135 Å². The number of halogens is 2. The molecule has 1 atom stereocenters. The Kier molecular flexibility index (Phi) is 3.18. The summed E-state index contributed by atoms with van der Waals surface area (Å²) in [5.41, 5.74) is 1.79. The van der Waals surface area contributed by atoms with Crippen molar-refractivity contribution in [2.75, 3.05) is 11.4 Å². The number of para-hydroxylation sites is 1. The van der Waals surface area contributed by atoms with Gasteiger partial charge in [0.1, 0.15) is 17.3 Å². The number of piperidine rings is 1. The minimum Gasteiger partial charge on any atom is -0.455 e. The second-order valence-electron chi connectivity index (χ2n) is 5.58. The van der Waals surface area contributed by atoms with E-state index in [0.717, 1.165) is 11.3 Å². The number of carbonyl (C=O) groups excluding carboxylic acids is 1. The molecular formula is C17H13BrFNO2. The number of hydrogen-bond donors (Lipinski definition) is 0. The van der Waals surface area contributed by atoms with E-state index in [-0.39, 0.29) is 17.6 Å². The van der Waals surface area contributed by atoms with Crippen LogP contribution in [0.5, 0.6) is 11.5 Å². The molecule has 1 fully saturated rings. The largest absolute Gasteiger partial charge is 0.455 e. The van der Waals surface area contributed by atoms with Crippen LogP contribution < -0.4 is 9.64 Å². The van der Waals surface area contributed by atoms with Crippen molar-refractivity contribution >= 4 is 27.4 Å². The molecule has 1 saturated heterocycles. The van der Waals surface area contributed by atoms with Gasteiger partial charge in [0.15, 0.2) is 5.75 Å². The van der Waals surface area contributed by atoms with Gasteiger partial charge in [-0.15, -0.1) is 0 Å². The second kappa shape index (κ2) is 5.09. The molecule has 0 saturated carbocycles. The zero-order valence-corrected chi connectivity index (χ0v) is 13.3. The van der Waals surface area contributed by atoms with Crippen LogP contribution in [0.4, 0.5) is 10.1 Å². The van der Waals surface area contributed by atoms with Crippen LogP contribution in [0.3, 0.4) is 0 Å². The lowest BCUT2D eigenvalue weighted by atomic mass is 9.93. The van der Waals surface area contributed by atoms with Crippen molar-refractivity contribution in [2.24, 2.45) is 0 Å². The molecule has 0 spiro atoms. The van der Waals surface area contributed by atoms with Crippen LogP contribution in [0.15, 0.2) is 40.9 Å². The van der Waals surface area contributed by atoms with Crippen LogP contribution in [0.25, 0.3) is 0 Å². The van der Waals surface area contributed by atoms with E-state index >= 15 is 0 Å². The Morgan fingerprint density at radius 1 is 1.23 bits per heavy atom. The smallest absolute Gasteiger partial charge is 0.154 e. The van der Waals surface area contributed by atoms with Crippen molar-refractivity contribution in [3.8, 4) is 11.5 Å². The fourth-order valence-electron chi connectivity index (χ4n) is 3.24. The summed E-state index contributed by atoms with van der Waals surface area (Å²) in [7, 11) is 0. The van der Waals surface area contributed by atoms with Crippen molar-refractivity contribution < 1.29 is 13.9 Å². The molecule has 0 aliphatic carbocycles. The van der Waals surface area contributed by atoms with Gasteiger partial charge in [0.25, 0.3) is 0 Å². The van der Waals surface area contributed by atoms with Gasteiger partial charge in [0.05, 0.1) is 11.7 Å². The fourth-order valence-corrected chi connectivity index (χ4v) is 3.88. The van der Waals surface area contributed by atoms with Gasteiger partial charge in [-0.3, -0.25) is 4.79 Å². The van der Waals surface area contributed by atoms with Crippen molar-refractivity contribution in [1.29, 1.82) is 0 Å². The molecule has 0 bridgehead atoms. The predicted molar refractivity (Wildman–Crippen MR) is 84.9 cm³/mol. The minimum atomic E-state index is -0.352. The summed E-state index contributed by atoms with van der Waals surface area (Å²) < 4.78 is 20.4. The number of nitrogens with zero attached hydrogens (tertiary/aromatic N) is 1. The average Bonchev–Trinajstić information content (AvgIpc) is 2.61. The standard InChI is InChI=1S/C17H13BrFNO2/c18-13-7-10(19)8-16-17(13)20-6-5-11(21)9-14(20)12-3-1-2-4-15(12)22-16/h1-4,7-8,14H,5-6,9H2. The zero-order valence-electron chi connectivity index (χ0n) is 11.7. The predicted octanol–water partition coefficient (Wildman–Crippen LogP) is 4.60. The highest BCUT2D eigenvalue weighted by Crippen LogP contribution is 2.49. The van der Waals surface area contributed by atoms with Gasteiger partial charge in [-0.25, -0.2) is 4.39 Å². The number of rotatable bonds is 0. The van der Waals surface area contributed by atoms with Crippen molar-refractivity contribution in [3.05, 3.63) is 52.3 Å². The Morgan fingerprint density at radius 2 is 2.05 bits per heavy atom. The molecule has 0 aromatic heterocycles. The van der Waals surface area contributed by atoms with Crippen LogP contribution in [0.1, 0.15) is 24.4 Å². The van der Waals surface area contributed by atoms with E-state index in [1.165, 1.54) is 12.1 Å². The first-order valence-electron chi connectivity index (χ1n) is 7.17. The molecule has 2 aromatic carbocycles. The summed E-state index contributed by atoms with van der Waals surface area (Å²) in [4.78, 5) is 14.1. The molecule has 22 heavy (non-hydrogen) atoms. The van der Waals surface area contributed by atoms with Gasteiger partial charge in [-0.1, -0.05) is 18.2 Å². The molecule has 0 radical (unpaired) electrons. The highest BCUT2D eigenvalue weighted by atomic mass is 79.9. The molecule has 0 N–H and O–H groups in total. The zero-order chi connectivity index (χ0) is 15.3. The van der Waals surface area contributed by atoms with E-state index in [1.807, 2.05) is 24.3 Å². The summed E-state index contributed by atoms with van der Waals surface area (Å²) >= 11 is 3.44. The molecule has 1 unspecified atom stereocenters. The van der Waals surface area contributed by atoms with Crippen LogP contribution in [-0.4, -0.2) is 12.3 Å². The quantitative estimate of drug-likeness (QED) is 0.686. The van der Waals surface area contributed by atoms with Gasteiger partial charge >= 0.3 is 0 Å². The van der Waals surface area contributed by atoms with Crippen LogP contribution >= 0.6 is 15.9 Å².